The van der Waals surface area contributed by atoms with Crippen LogP contribution in [0.15, 0.2) is 41.3 Å². The predicted molar refractivity (Wildman–Crippen MR) is 88.2 cm³/mol. The molecule has 0 fully saturated rings. The van der Waals surface area contributed by atoms with Gasteiger partial charge < -0.3 is 24.8 Å². The molecular formula is C17H20N2O5. The summed E-state index contributed by atoms with van der Waals surface area (Å²) in [4.78, 5) is 23.5. The van der Waals surface area contributed by atoms with Crippen LogP contribution in [0.25, 0.3) is 0 Å². The number of aliphatic hydroxyl groups is 1. The number of benzene rings is 1. The van der Waals surface area contributed by atoms with E-state index in [1.165, 1.54) is 23.9 Å². The van der Waals surface area contributed by atoms with Gasteiger partial charge in [0, 0.05) is 19.8 Å². The third-order valence-corrected chi connectivity index (χ3v) is 3.44. The first-order chi connectivity index (χ1) is 11.5. The second-order valence-electron chi connectivity index (χ2n) is 5.26. The normalized spacial score (nSPS) is 10.4. The summed E-state index contributed by atoms with van der Waals surface area (Å²) >= 11 is 0. The average Bonchev–Trinajstić information content (AvgIpc) is 2.59. The van der Waals surface area contributed by atoms with Crippen LogP contribution in [0.5, 0.6) is 11.5 Å². The van der Waals surface area contributed by atoms with Crippen LogP contribution in [0.3, 0.4) is 0 Å². The van der Waals surface area contributed by atoms with Gasteiger partial charge in [-0.25, -0.2) is 0 Å². The van der Waals surface area contributed by atoms with Crippen LogP contribution in [0.1, 0.15) is 22.3 Å². The maximum absolute atomic E-state index is 12.0. The number of aliphatic hydroxyl groups excluding tert-OH is 1. The fourth-order valence-electron chi connectivity index (χ4n) is 2.09. The minimum Gasteiger partial charge on any atom is -0.502 e. The molecule has 1 aromatic carbocycles. The molecule has 0 unspecified atom stereocenters. The molecule has 1 amide bonds. The molecule has 24 heavy (non-hydrogen) atoms. The minimum atomic E-state index is -0.616. The number of aromatic nitrogens is 1. The average molecular weight is 332 g/mol. The number of aryl methyl sites for hydroxylation is 1. The molecule has 0 aliphatic carbocycles. The number of hydrogen-bond acceptors (Lipinski definition) is 5. The summed E-state index contributed by atoms with van der Waals surface area (Å²) in [5.74, 6) is -0.417. The lowest BCUT2D eigenvalue weighted by Gasteiger charge is -2.09. The highest BCUT2D eigenvalue weighted by Crippen LogP contribution is 2.13. The van der Waals surface area contributed by atoms with Gasteiger partial charge in [-0.1, -0.05) is 12.1 Å². The van der Waals surface area contributed by atoms with Crippen molar-refractivity contribution in [3.63, 3.8) is 0 Å². The Balaban J connectivity index is 1.79. The number of rotatable bonds is 7. The number of carbonyl (C=O) groups is 1. The van der Waals surface area contributed by atoms with Gasteiger partial charge in [0.1, 0.15) is 5.75 Å². The fourth-order valence-corrected chi connectivity index (χ4v) is 2.09. The summed E-state index contributed by atoms with van der Waals surface area (Å²) in [5, 5.41) is 21.4. The number of nitrogens with zero attached hydrogens (tertiary/aromatic N) is 1. The molecular weight excluding hydrogens is 312 g/mol. The largest absolute Gasteiger partial charge is 0.502 e. The summed E-state index contributed by atoms with van der Waals surface area (Å²) in [6.07, 6.45) is 1.98. The van der Waals surface area contributed by atoms with Crippen molar-refractivity contribution in [1.29, 1.82) is 0 Å². The van der Waals surface area contributed by atoms with Gasteiger partial charge in [0.15, 0.2) is 5.75 Å². The topological polar surface area (TPSA) is 101 Å². The molecule has 0 aliphatic rings. The molecule has 1 heterocycles. The number of pyridine rings is 1. The van der Waals surface area contributed by atoms with Crippen molar-refractivity contribution in [3.8, 4) is 11.5 Å². The molecule has 7 heteroatoms. The van der Waals surface area contributed by atoms with E-state index >= 15 is 0 Å². The maximum Gasteiger partial charge on any atom is 0.293 e. The van der Waals surface area contributed by atoms with E-state index in [9.17, 15) is 14.7 Å². The number of nitrogens with one attached hydrogen (secondary N) is 1. The van der Waals surface area contributed by atoms with Crippen LogP contribution < -0.4 is 15.6 Å². The molecule has 3 N–H and O–H groups in total. The maximum atomic E-state index is 12.0. The Morgan fingerprint density at radius 1 is 1.33 bits per heavy atom. The van der Waals surface area contributed by atoms with Gasteiger partial charge in [0.2, 0.25) is 0 Å². The number of ether oxygens (including phenoxy) is 1. The zero-order valence-corrected chi connectivity index (χ0v) is 13.4. The SMILES string of the molecule is Cn1ccc(C(=O)NCCCOc2cccc(CO)c2)c(O)c1=O. The van der Waals surface area contributed by atoms with Gasteiger partial charge in [0.05, 0.1) is 18.8 Å². The lowest BCUT2D eigenvalue weighted by atomic mass is 10.2. The van der Waals surface area contributed by atoms with Crippen LogP contribution in [0, 0.1) is 0 Å². The van der Waals surface area contributed by atoms with Crippen molar-refractivity contribution in [1.82, 2.24) is 9.88 Å². The van der Waals surface area contributed by atoms with Crippen LogP contribution in [-0.2, 0) is 13.7 Å². The molecule has 0 aliphatic heterocycles. The Bertz CT molecular complexity index is 770. The van der Waals surface area contributed by atoms with E-state index in [1.807, 2.05) is 0 Å². The number of aromatic hydroxyl groups is 1. The van der Waals surface area contributed by atoms with Crippen LogP contribution in [0.2, 0.25) is 0 Å². The molecule has 2 aromatic rings. The van der Waals surface area contributed by atoms with Crippen LogP contribution in [-0.4, -0.2) is 33.8 Å². The third-order valence-electron chi connectivity index (χ3n) is 3.44. The van der Waals surface area contributed by atoms with Gasteiger partial charge in [-0.2, -0.15) is 0 Å². The predicted octanol–water partition coefficient (Wildman–Crippen LogP) is 0.782. The Hall–Kier alpha value is -2.80. The van der Waals surface area contributed by atoms with Gasteiger partial charge >= 0.3 is 0 Å². The summed E-state index contributed by atoms with van der Waals surface area (Å²) in [7, 11) is 1.49. The van der Waals surface area contributed by atoms with Crippen molar-refractivity contribution in [2.75, 3.05) is 13.2 Å². The minimum absolute atomic E-state index is 0.0466. The highest BCUT2D eigenvalue weighted by molar-refractivity contribution is 5.96. The van der Waals surface area contributed by atoms with Crippen LogP contribution in [0.4, 0.5) is 0 Å². The van der Waals surface area contributed by atoms with Crippen molar-refractivity contribution >= 4 is 5.91 Å². The first-order valence-corrected chi connectivity index (χ1v) is 7.52. The van der Waals surface area contributed by atoms with E-state index in [0.29, 0.717) is 25.3 Å². The fraction of sp³-hybridized carbons (Fsp3) is 0.294. The van der Waals surface area contributed by atoms with Gasteiger partial charge in [-0.3, -0.25) is 9.59 Å². The standard InChI is InChI=1S/C17H20N2O5/c1-19-8-6-14(15(21)17(19)23)16(22)18-7-3-9-24-13-5-2-4-12(10-13)11-20/h2,4-6,8,10,20-21H,3,7,9,11H2,1H3,(H,18,22). The summed E-state index contributed by atoms with van der Waals surface area (Å²) in [5.41, 5.74) is 0.103. The molecule has 0 atom stereocenters. The van der Waals surface area contributed by atoms with Crippen molar-refractivity contribution in [2.24, 2.45) is 7.05 Å². The van der Waals surface area contributed by atoms with Gasteiger partial charge in [0.25, 0.3) is 11.5 Å². The molecule has 1 aromatic heterocycles. The number of amides is 1. The second kappa shape index (κ2) is 8.16. The summed E-state index contributed by atoms with van der Waals surface area (Å²) < 4.78 is 6.72. The van der Waals surface area contributed by atoms with E-state index < -0.39 is 17.2 Å². The molecule has 0 spiro atoms. The highest BCUT2D eigenvalue weighted by atomic mass is 16.5. The molecule has 0 radical (unpaired) electrons. The first-order valence-electron chi connectivity index (χ1n) is 7.52. The molecule has 2 rings (SSSR count). The molecule has 7 nitrogen and oxygen atoms in total. The van der Waals surface area contributed by atoms with Crippen LogP contribution >= 0.6 is 0 Å². The Morgan fingerprint density at radius 2 is 2.12 bits per heavy atom. The molecule has 0 bridgehead atoms. The van der Waals surface area contributed by atoms with Crippen molar-refractivity contribution < 1.29 is 19.7 Å². The van der Waals surface area contributed by atoms with E-state index in [-0.39, 0.29) is 12.2 Å². The lowest BCUT2D eigenvalue weighted by Crippen LogP contribution is -2.28. The second-order valence-corrected chi connectivity index (χ2v) is 5.26. The quantitative estimate of drug-likeness (QED) is 0.651. The zero-order valence-electron chi connectivity index (χ0n) is 13.4. The lowest BCUT2D eigenvalue weighted by molar-refractivity contribution is 0.0948. The van der Waals surface area contributed by atoms with E-state index in [1.54, 1.807) is 24.3 Å². The van der Waals surface area contributed by atoms with E-state index in [0.717, 1.165) is 5.56 Å². The summed E-state index contributed by atoms with van der Waals surface area (Å²) in [6.45, 7) is 0.679. The van der Waals surface area contributed by atoms with E-state index in [4.69, 9.17) is 9.84 Å². The smallest absolute Gasteiger partial charge is 0.293 e. The molecule has 128 valence electrons. The molecule has 0 saturated heterocycles. The van der Waals surface area contributed by atoms with Gasteiger partial charge in [-0.05, 0) is 30.2 Å². The monoisotopic (exact) mass is 332 g/mol. The first kappa shape index (κ1) is 17.6. The third kappa shape index (κ3) is 4.36. The zero-order chi connectivity index (χ0) is 17.5. The van der Waals surface area contributed by atoms with Gasteiger partial charge in [-0.15, -0.1) is 0 Å². The Kier molecular flexibility index (Phi) is 5.97. The molecule has 0 saturated carbocycles. The number of carbonyl (C=O) groups excluding carboxylic acids is 1. The Labute approximate surface area is 139 Å². The Morgan fingerprint density at radius 3 is 2.88 bits per heavy atom. The van der Waals surface area contributed by atoms with Crippen molar-refractivity contribution in [2.45, 2.75) is 13.0 Å². The number of hydrogen-bond donors (Lipinski definition) is 3. The van der Waals surface area contributed by atoms with E-state index in [2.05, 4.69) is 5.32 Å². The highest BCUT2D eigenvalue weighted by Gasteiger charge is 2.14. The summed E-state index contributed by atoms with van der Waals surface area (Å²) in [6, 6.07) is 8.51. The van der Waals surface area contributed by atoms with Crippen molar-refractivity contribution in [3.05, 3.63) is 58.0 Å².